The molecule has 0 aromatic heterocycles. The third-order valence-corrected chi connectivity index (χ3v) is 3.30. The van der Waals surface area contributed by atoms with Gasteiger partial charge in [-0.1, -0.05) is 0 Å². The first kappa shape index (κ1) is 9.93. The fraction of sp³-hybridized carbons (Fsp3) is 0.900. The van der Waals surface area contributed by atoms with Crippen molar-refractivity contribution in [2.24, 2.45) is 0 Å². The van der Waals surface area contributed by atoms with Crippen molar-refractivity contribution in [1.82, 2.24) is 10.2 Å². The van der Waals surface area contributed by atoms with Crippen LogP contribution in [0.15, 0.2) is 0 Å². The molecule has 0 bridgehead atoms. The van der Waals surface area contributed by atoms with Gasteiger partial charge in [0.2, 0.25) is 0 Å². The van der Waals surface area contributed by atoms with Crippen molar-refractivity contribution >= 4 is 5.97 Å². The third-order valence-electron chi connectivity index (χ3n) is 3.30. The summed E-state index contributed by atoms with van der Waals surface area (Å²) in [6.07, 6.45) is 4.58. The van der Waals surface area contributed by atoms with Gasteiger partial charge in [-0.15, -0.1) is 0 Å². The van der Waals surface area contributed by atoms with Gasteiger partial charge in [-0.3, -0.25) is 9.69 Å². The summed E-state index contributed by atoms with van der Waals surface area (Å²) in [7, 11) is 0. The Morgan fingerprint density at radius 3 is 2.64 bits per heavy atom. The molecule has 2 N–H and O–H groups in total. The summed E-state index contributed by atoms with van der Waals surface area (Å²) >= 11 is 0. The van der Waals surface area contributed by atoms with Crippen LogP contribution in [0.5, 0.6) is 0 Å². The number of piperidine rings is 1. The molecular weight excluding hydrogens is 180 g/mol. The molecule has 4 nitrogen and oxygen atoms in total. The fourth-order valence-corrected chi connectivity index (χ4v) is 2.59. The molecule has 0 aromatic carbocycles. The molecule has 14 heavy (non-hydrogen) atoms. The lowest BCUT2D eigenvalue weighted by Crippen LogP contribution is -2.56. The van der Waals surface area contributed by atoms with Gasteiger partial charge < -0.3 is 10.4 Å². The van der Waals surface area contributed by atoms with Gasteiger partial charge in [-0.2, -0.15) is 0 Å². The van der Waals surface area contributed by atoms with Crippen LogP contribution < -0.4 is 5.32 Å². The van der Waals surface area contributed by atoms with Gasteiger partial charge in [0.05, 0.1) is 0 Å². The molecule has 2 unspecified atom stereocenters. The van der Waals surface area contributed by atoms with Gasteiger partial charge in [0.1, 0.15) is 6.04 Å². The zero-order valence-electron chi connectivity index (χ0n) is 8.41. The first-order valence-electron chi connectivity index (χ1n) is 5.49. The highest BCUT2D eigenvalue weighted by molar-refractivity contribution is 5.74. The quantitative estimate of drug-likeness (QED) is 0.669. The first-order valence-corrected chi connectivity index (χ1v) is 5.49. The maximum absolute atomic E-state index is 11.0. The average Bonchev–Trinajstić information content (AvgIpc) is 2.70. The molecule has 2 heterocycles. The van der Waals surface area contributed by atoms with E-state index in [0.29, 0.717) is 0 Å². The number of carboxylic acids is 1. The highest BCUT2D eigenvalue weighted by Crippen LogP contribution is 2.20. The van der Waals surface area contributed by atoms with Gasteiger partial charge in [0.15, 0.2) is 0 Å². The molecule has 2 aliphatic heterocycles. The normalized spacial score (nSPS) is 34.6. The van der Waals surface area contributed by atoms with Crippen molar-refractivity contribution in [1.29, 1.82) is 0 Å². The maximum Gasteiger partial charge on any atom is 0.322 e. The van der Waals surface area contributed by atoms with Gasteiger partial charge in [-0.25, -0.2) is 0 Å². The Hall–Kier alpha value is -0.610. The SMILES string of the molecule is O=C(O)C1NCCCC1N1CCCC1. The number of hydrogen-bond donors (Lipinski definition) is 2. The number of nitrogens with one attached hydrogen (secondary N) is 1. The van der Waals surface area contributed by atoms with Crippen molar-refractivity contribution in [2.45, 2.75) is 37.8 Å². The van der Waals surface area contributed by atoms with E-state index in [9.17, 15) is 4.79 Å². The Kier molecular flexibility index (Phi) is 3.03. The lowest BCUT2D eigenvalue weighted by molar-refractivity contribution is -0.142. The largest absolute Gasteiger partial charge is 0.480 e. The van der Waals surface area contributed by atoms with Crippen molar-refractivity contribution < 1.29 is 9.90 Å². The summed E-state index contributed by atoms with van der Waals surface area (Å²) in [5.41, 5.74) is 0. The molecular formula is C10H18N2O2. The highest BCUT2D eigenvalue weighted by Gasteiger charge is 2.35. The summed E-state index contributed by atoms with van der Waals surface area (Å²) in [4.78, 5) is 13.4. The van der Waals surface area contributed by atoms with Crippen LogP contribution >= 0.6 is 0 Å². The Morgan fingerprint density at radius 2 is 2.00 bits per heavy atom. The molecule has 0 aromatic rings. The molecule has 2 fully saturated rings. The second-order valence-electron chi connectivity index (χ2n) is 4.22. The minimum absolute atomic E-state index is 0.226. The van der Waals surface area contributed by atoms with E-state index in [1.807, 2.05) is 0 Å². The van der Waals surface area contributed by atoms with E-state index < -0.39 is 5.97 Å². The molecule has 2 atom stereocenters. The summed E-state index contributed by atoms with van der Waals surface area (Å²) in [5, 5.41) is 12.2. The molecule has 80 valence electrons. The monoisotopic (exact) mass is 198 g/mol. The molecule has 2 saturated heterocycles. The van der Waals surface area contributed by atoms with Gasteiger partial charge in [0, 0.05) is 6.04 Å². The highest BCUT2D eigenvalue weighted by atomic mass is 16.4. The van der Waals surface area contributed by atoms with E-state index in [1.54, 1.807) is 0 Å². The van der Waals surface area contributed by atoms with E-state index in [1.165, 1.54) is 12.8 Å². The number of aliphatic carboxylic acids is 1. The molecule has 0 spiro atoms. The van der Waals surface area contributed by atoms with Crippen LogP contribution in [-0.2, 0) is 4.79 Å². The molecule has 0 amide bonds. The molecule has 0 radical (unpaired) electrons. The predicted octanol–water partition coefficient (Wildman–Crippen LogP) is 0.287. The van der Waals surface area contributed by atoms with Gasteiger partial charge in [-0.05, 0) is 45.3 Å². The van der Waals surface area contributed by atoms with Crippen LogP contribution in [0.4, 0.5) is 0 Å². The van der Waals surface area contributed by atoms with E-state index in [2.05, 4.69) is 10.2 Å². The summed E-state index contributed by atoms with van der Waals surface area (Å²) in [6, 6.07) is -0.120. The van der Waals surface area contributed by atoms with Crippen LogP contribution in [0.2, 0.25) is 0 Å². The lowest BCUT2D eigenvalue weighted by Gasteiger charge is -2.36. The lowest BCUT2D eigenvalue weighted by atomic mass is 9.97. The predicted molar refractivity (Wildman–Crippen MR) is 53.3 cm³/mol. The zero-order valence-corrected chi connectivity index (χ0v) is 8.41. The molecule has 2 aliphatic rings. The zero-order chi connectivity index (χ0) is 9.97. The number of carboxylic acid groups (broad SMARTS) is 1. The molecule has 4 heteroatoms. The van der Waals surface area contributed by atoms with Crippen LogP contribution in [0, 0.1) is 0 Å². The Bertz CT molecular complexity index is 214. The summed E-state index contributed by atoms with van der Waals surface area (Å²) in [5.74, 6) is -0.693. The number of carbonyl (C=O) groups is 1. The van der Waals surface area contributed by atoms with Crippen molar-refractivity contribution in [3.05, 3.63) is 0 Å². The minimum Gasteiger partial charge on any atom is -0.480 e. The van der Waals surface area contributed by atoms with E-state index in [4.69, 9.17) is 5.11 Å². The van der Waals surface area contributed by atoms with E-state index in [0.717, 1.165) is 32.5 Å². The van der Waals surface area contributed by atoms with Crippen LogP contribution in [0.1, 0.15) is 25.7 Å². The van der Waals surface area contributed by atoms with Crippen molar-refractivity contribution in [3.8, 4) is 0 Å². The summed E-state index contributed by atoms with van der Waals surface area (Å²) < 4.78 is 0. The molecule has 2 rings (SSSR count). The Balaban J connectivity index is 2.01. The van der Waals surface area contributed by atoms with Crippen LogP contribution in [0.3, 0.4) is 0 Å². The fourth-order valence-electron chi connectivity index (χ4n) is 2.59. The second kappa shape index (κ2) is 4.28. The standard InChI is InChI=1S/C10H18N2O2/c13-10(14)9-8(4-3-5-11-9)12-6-1-2-7-12/h8-9,11H,1-7H2,(H,13,14). The van der Waals surface area contributed by atoms with Gasteiger partial charge in [0.25, 0.3) is 0 Å². The summed E-state index contributed by atoms with van der Waals surface area (Å²) in [6.45, 7) is 3.01. The third kappa shape index (κ3) is 1.91. The second-order valence-corrected chi connectivity index (χ2v) is 4.22. The van der Waals surface area contributed by atoms with E-state index >= 15 is 0 Å². The first-order chi connectivity index (χ1) is 6.79. The van der Waals surface area contributed by atoms with Crippen LogP contribution in [0.25, 0.3) is 0 Å². The van der Waals surface area contributed by atoms with Crippen molar-refractivity contribution in [2.75, 3.05) is 19.6 Å². The van der Waals surface area contributed by atoms with Crippen molar-refractivity contribution in [3.63, 3.8) is 0 Å². The Labute approximate surface area is 84.3 Å². The maximum atomic E-state index is 11.0. The van der Waals surface area contributed by atoms with E-state index in [-0.39, 0.29) is 12.1 Å². The van der Waals surface area contributed by atoms with Gasteiger partial charge >= 0.3 is 5.97 Å². The molecule has 0 saturated carbocycles. The average molecular weight is 198 g/mol. The number of nitrogens with zero attached hydrogens (tertiary/aromatic N) is 1. The number of hydrogen-bond acceptors (Lipinski definition) is 3. The minimum atomic E-state index is -0.693. The smallest absolute Gasteiger partial charge is 0.322 e. The number of rotatable bonds is 2. The number of likely N-dealkylation sites (tertiary alicyclic amines) is 1. The Morgan fingerprint density at radius 1 is 1.29 bits per heavy atom. The topological polar surface area (TPSA) is 52.6 Å². The molecule has 0 aliphatic carbocycles. The van der Waals surface area contributed by atoms with Crippen LogP contribution in [-0.4, -0.2) is 47.7 Å².